The zero-order valence-electron chi connectivity index (χ0n) is 10.9. The maximum absolute atomic E-state index is 5.55. The number of hydrogen-bond acceptors (Lipinski definition) is 4. The van der Waals surface area contributed by atoms with E-state index in [4.69, 9.17) is 9.51 Å². The van der Waals surface area contributed by atoms with Crippen LogP contribution in [0.2, 0.25) is 0 Å². The van der Waals surface area contributed by atoms with Crippen LogP contribution in [0.5, 0.6) is 0 Å². The maximum Gasteiger partial charge on any atom is 0.231 e. The van der Waals surface area contributed by atoms with Gasteiger partial charge in [0.05, 0.1) is 5.92 Å². The molecule has 1 aromatic heterocycles. The Bertz CT molecular complexity index is 444. The molecule has 2 bridgehead atoms. The van der Waals surface area contributed by atoms with Gasteiger partial charge < -0.3 is 9.84 Å². The zero-order valence-corrected chi connectivity index (χ0v) is 10.9. The van der Waals surface area contributed by atoms with Crippen molar-refractivity contribution in [3.8, 4) is 0 Å². The van der Waals surface area contributed by atoms with E-state index in [1.807, 2.05) is 0 Å². The van der Waals surface area contributed by atoms with Gasteiger partial charge in [-0.2, -0.15) is 4.98 Å². The van der Waals surface area contributed by atoms with E-state index in [1.165, 1.54) is 38.5 Å². The predicted molar refractivity (Wildman–Crippen MR) is 67.4 cm³/mol. The van der Waals surface area contributed by atoms with E-state index in [0.717, 1.165) is 17.6 Å². The zero-order chi connectivity index (χ0) is 12.1. The van der Waals surface area contributed by atoms with Crippen LogP contribution in [0, 0.1) is 5.92 Å². The van der Waals surface area contributed by atoms with Crippen molar-refractivity contribution in [1.29, 1.82) is 0 Å². The average molecular weight is 247 g/mol. The van der Waals surface area contributed by atoms with E-state index in [0.29, 0.717) is 23.9 Å². The molecule has 4 rings (SSSR count). The van der Waals surface area contributed by atoms with E-state index in [-0.39, 0.29) is 0 Å². The second-order valence-corrected chi connectivity index (χ2v) is 6.50. The quantitative estimate of drug-likeness (QED) is 0.872. The largest absolute Gasteiger partial charge is 0.339 e. The lowest BCUT2D eigenvalue weighted by molar-refractivity contribution is 0.325. The summed E-state index contributed by atoms with van der Waals surface area (Å²) in [5, 5.41) is 7.88. The maximum atomic E-state index is 5.55. The standard InChI is InChI=1S/C14H21N3O/c1-8-2-3-9(6-8)13-16-14(18-17-13)11-7-10-4-5-12(11)15-10/h8-12,15H,2-7H2,1H3. The lowest BCUT2D eigenvalue weighted by Gasteiger charge is -2.15. The molecule has 1 aromatic rings. The monoisotopic (exact) mass is 247 g/mol. The van der Waals surface area contributed by atoms with Gasteiger partial charge in [-0.3, -0.25) is 0 Å². The molecule has 0 aromatic carbocycles. The third-order valence-electron chi connectivity index (χ3n) is 5.13. The highest BCUT2D eigenvalue weighted by molar-refractivity contribution is 5.11. The second-order valence-electron chi connectivity index (χ2n) is 6.50. The third kappa shape index (κ3) is 1.69. The molecular weight excluding hydrogens is 226 g/mol. The number of nitrogens with zero attached hydrogens (tertiary/aromatic N) is 2. The molecule has 1 N–H and O–H groups in total. The van der Waals surface area contributed by atoms with E-state index in [9.17, 15) is 0 Å². The van der Waals surface area contributed by atoms with Gasteiger partial charge >= 0.3 is 0 Å². The van der Waals surface area contributed by atoms with Crippen LogP contribution in [-0.4, -0.2) is 22.2 Å². The van der Waals surface area contributed by atoms with Gasteiger partial charge in [0.25, 0.3) is 0 Å². The highest BCUT2D eigenvalue weighted by Crippen LogP contribution is 2.41. The topological polar surface area (TPSA) is 51.0 Å². The number of fused-ring (bicyclic) bond motifs is 2. The SMILES string of the molecule is CC1CCC(c2noc(C3CC4CCC3N4)n2)C1. The Labute approximate surface area is 108 Å². The normalized spacial score (nSPS) is 42.8. The van der Waals surface area contributed by atoms with Crippen molar-refractivity contribution in [1.82, 2.24) is 15.5 Å². The molecule has 18 heavy (non-hydrogen) atoms. The van der Waals surface area contributed by atoms with Gasteiger partial charge in [-0.25, -0.2) is 0 Å². The Balaban J connectivity index is 1.52. The highest BCUT2D eigenvalue weighted by Gasteiger charge is 2.42. The second kappa shape index (κ2) is 4.05. The summed E-state index contributed by atoms with van der Waals surface area (Å²) >= 11 is 0. The van der Waals surface area contributed by atoms with Gasteiger partial charge in [0.15, 0.2) is 5.82 Å². The molecule has 98 valence electrons. The van der Waals surface area contributed by atoms with Gasteiger partial charge in [-0.05, 0) is 44.4 Å². The van der Waals surface area contributed by atoms with Crippen LogP contribution < -0.4 is 5.32 Å². The molecule has 3 heterocycles. The molecule has 1 saturated carbocycles. The fourth-order valence-electron chi connectivity index (χ4n) is 4.10. The number of aromatic nitrogens is 2. The first-order chi connectivity index (χ1) is 8.79. The summed E-state index contributed by atoms with van der Waals surface area (Å²) in [5.41, 5.74) is 0. The Morgan fingerprint density at radius 2 is 2.11 bits per heavy atom. The molecule has 0 spiro atoms. The lowest BCUT2D eigenvalue weighted by Crippen LogP contribution is -2.21. The molecule has 2 aliphatic heterocycles. The van der Waals surface area contributed by atoms with Crippen LogP contribution in [0.15, 0.2) is 4.52 Å². The lowest BCUT2D eigenvalue weighted by atomic mass is 9.89. The Hall–Kier alpha value is -0.900. The van der Waals surface area contributed by atoms with E-state index in [2.05, 4.69) is 17.4 Å². The minimum Gasteiger partial charge on any atom is -0.339 e. The summed E-state index contributed by atoms with van der Waals surface area (Å²) in [6.45, 7) is 2.32. The van der Waals surface area contributed by atoms with Crippen molar-refractivity contribution in [2.24, 2.45) is 5.92 Å². The fourth-order valence-corrected chi connectivity index (χ4v) is 4.10. The van der Waals surface area contributed by atoms with Crippen molar-refractivity contribution in [2.75, 3.05) is 0 Å². The molecule has 0 amide bonds. The molecule has 3 aliphatic rings. The molecule has 4 nitrogen and oxygen atoms in total. The molecule has 5 atom stereocenters. The summed E-state index contributed by atoms with van der Waals surface area (Å²) in [5.74, 6) is 3.70. The predicted octanol–water partition coefficient (Wildman–Crippen LogP) is 2.58. The summed E-state index contributed by atoms with van der Waals surface area (Å²) in [4.78, 5) is 4.71. The Morgan fingerprint density at radius 3 is 2.78 bits per heavy atom. The van der Waals surface area contributed by atoms with Gasteiger partial charge in [-0.15, -0.1) is 0 Å². The molecule has 2 saturated heterocycles. The van der Waals surface area contributed by atoms with Crippen LogP contribution in [0.1, 0.15) is 69.0 Å². The first-order valence-electron chi connectivity index (χ1n) is 7.39. The first-order valence-corrected chi connectivity index (χ1v) is 7.39. The van der Waals surface area contributed by atoms with Crippen molar-refractivity contribution in [2.45, 2.75) is 69.4 Å². The smallest absolute Gasteiger partial charge is 0.231 e. The molecule has 5 unspecified atom stereocenters. The average Bonchev–Trinajstić information content (AvgIpc) is 3.12. The number of nitrogens with one attached hydrogen (secondary N) is 1. The van der Waals surface area contributed by atoms with E-state index < -0.39 is 0 Å². The molecule has 4 heteroatoms. The molecule has 1 aliphatic carbocycles. The summed E-state index contributed by atoms with van der Waals surface area (Å²) < 4.78 is 5.55. The van der Waals surface area contributed by atoms with Gasteiger partial charge in [0, 0.05) is 18.0 Å². The molecule has 0 radical (unpaired) electrons. The summed E-state index contributed by atoms with van der Waals surface area (Å²) in [6.07, 6.45) is 7.55. The van der Waals surface area contributed by atoms with Crippen LogP contribution >= 0.6 is 0 Å². The van der Waals surface area contributed by atoms with Crippen molar-refractivity contribution >= 4 is 0 Å². The van der Waals surface area contributed by atoms with Crippen LogP contribution in [0.4, 0.5) is 0 Å². The first kappa shape index (κ1) is 11.0. The fraction of sp³-hybridized carbons (Fsp3) is 0.857. The number of hydrogen-bond donors (Lipinski definition) is 1. The third-order valence-corrected chi connectivity index (χ3v) is 5.13. The summed E-state index contributed by atoms with van der Waals surface area (Å²) in [7, 11) is 0. The van der Waals surface area contributed by atoms with Crippen LogP contribution in [0.25, 0.3) is 0 Å². The van der Waals surface area contributed by atoms with E-state index >= 15 is 0 Å². The van der Waals surface area contributed by atoms with Crippen molar-refractivity contribution in [3.05, 3.63) is 11.7 Å². The molecular formula is C14H21N3O. The van der Waals surface area contributed by atoms with Crippen LogP contribution in [0.3, 0.4) is 0 Å². The highest BCUT2D eigenvalue weighted by atomic mass is 16.5. The Morgan fingerprint density at radius 1 is 1.17 bits per heavy atom. The molecule has 3 fully saturated rings. The van der Waals surface area contributed by atoms with Gasteiger partial charge in [-0.1, -0.05) is 12.1 Å². The van der Waals surface area contributed by atoms with Crippen LogP contribution in [-0.2, 0) is 0 Å². The van der Waals surface area contributed by atoms with Gasteiger partial charge in [0.2, 0.25) is 5.89 Å². The Kier molecular flexibility index (Phi) is 2.47. The van der Waals surface area contributed by atoms with Crippen molar-refractivity contribution in [3.63, 3.8) is 0 Å². The summed E-state index contributed by atoms with van der Waals surface area (Å²) in [6, 6.07) is 1.28. The van der Waals surface area contributed by atoms with Gasteiger partial charge in [0.1, 0.15) is 0 Å². The van der Waals surface area contributed by atoms with E-state index in [1.54, 1.807) is 0 Å². The number of rotatable bonds is 2. The minimum atomic E-state index is 0.476. The minimum absolute atomic E-state index is 0.476. The van der Waals surface area contributed by atoms with Crippen molar-refractivity contribution < 1.29 is 4.52 Å².